The fraction of sp³-hybridized carbons (Fsp3) is 0.296. The molecule has 0 heterocycles. The average Bonchev–Trinajstić information content (AvgIpc) is 2.83. The third-order valence-corrected chi connectivity index (χ3v) is 6.65. The molecule has 33 heavy (non-hydrogen) atoms. The van der Waals surface area contributed by atoms with E-state index in [9.17, 15) is 9.90 Å². The lowest BCUT2D eigenvalue weighted by molar-refractivity contribution is -0.305. The van der Waals surface area contributed by atoms with E-state index in [2.05, 4.69) is 48.5 Å². The van der Waals surface area contributed by atoms with Gasteiger partial charge in [-0.3, -0.25) is 0 Å². The van der Waals surface area contributed by atoms with Gasteiger partial charge in [0.05, 0.1) is 19.8 Å². The number of carbonyl (C=O) groups excluding carboxylic acids is 1. The summed E-state index contributed by atoms with van der Waals surface area (Å²) in [7, 11) is -0.358. The van der Waals surface area contributed by atoms with Crippen LogP contribution in [0.5, 0.6) is 17.2 Å². The molecule has 0 atom stereocenters. The Morgan fingerprint density at radius 1 is 0.727 bits per heavy atom. The third kappa shape index (κ3) is 7.75. The number of carboxylic acids is 1. The van der Waals surface area contributed by atoms with E-state index in [1.54, 1.807) is 0 Å². The van der Waals surface area contributed by atoms with Crippen LogP contribution in [0.4, 0.5) is 0 Å². The number of aliphatic carboxylic acids is 1. The third-order valence-electron chi connectivity index (χ3n) is 4.36. The molecule has 0 aliphatic carbocycles. The van der Waals surface area contributed by atoms with Crippen LogP contribution in [0.3, 0.4) is 0 Å². The summed E-state index contributed by atoms with van der Waals surface area (Å²) in [5, 5.41) is 9.26. The Labute approximate surface area is 199 Å². The lowest BCUT2D eigenvalue weighted by atomic mass is 10.3. The molecule has 0 radical (unpaired) electrons. The number of rotatable bonds is 10. The minimum absolute atomic E-state index is 0.111. The molecule has 3 aromatic rings. The largest absolute Gasteiger partial charge is 0.550 e. The maximum Gasteiger partial charge on any atom is 0.250 e. The molecule has 0 N–H and O–H groups in total. The zero-order valence-electron chi connectivity index (χ0n) is 19.7. The van der Waals surface area contributed by atoms with Crippen molar-refractivity contribution in [1.29, 1.82) is 0 Å². The van der Waals surface area contributed by atoms with Crippen molar-refractivity contribution in [2.45, 2.75) is 48.8 Å². The van der Waals surface area contributed by atoms with Gasteiger partial charge in [0.15, 0.2) is 21.3 Å². The second kappa shape index (κ2) is 14.1. The molecule has 0 aliphatic rings. The minimum Gasteiger partial charge on any atom is -0.550 e. The van der Waals surface area contributed by atoms with Crippen LogP contribution in [0.15, 0.2) is 87.5 Å². The van der Waals surface area contributed by atoms with Crippen molar-refractivity contribution in [3.63, 3.8) is 0 Å². The number of benzene rings is 3. The fourth-order valence-corrected chi connectivity index (χ4v) is 5.25. The van der Waals surface area contributed by atoms with Gasteiger partial charge in [-0.25, -0.2) is 0 Å². The van der Waals surface area contributed by atoms with Crippen LogP contribution in [0, 0.1) is 0 Å². The van der Waals surface area contributed by atoms with Crippen molar-refractivity contribution in [3.05, 3.63) is 72.8 Å². The van der Waals surface area contributed by atoms with E-state index in [0.29, 0.717) is 19.8 Å². The van der Waals surface area contributed by atoms with Crippen molar-refractivity contribution in [1.82, 2.24) is 0 Å². The standard InChI is InChI=1S/C24H27O3S.C3H6O2/c1-4-25-19-17-22(26-5-2)24(23(18-19)27-6-3)28(20-13-9-7-10-14-20)21-15-11-8-12-16-21;1-2-3(4)5/h7-18H,4-6H2,1-3H3;2H2,1H3,(H,4,5)/q+1;/p-1. The Morgan fingerprint density at radius 2 is 1.12 bits per heavy atom. The van der Waals surface area contributed by atoms with Gasteiger partial charge in [0, 0.05) is 18.1 Å². The van der Waals surface area contributed by atoms with Crippen molar-refractivity contribution < 1.29 is 24.1 Å². The molecule has 3 rings (SSSR count). The van der Waals surface area contributed by atoms with E-state index in [4.69, 9.17) is 14.2 Å². The molecule has 6 heteroatoms. The molecule has 0 bridgehead atoms. The summed E-state index contributed by atoms with van der Waals surface area (Å²) >= 11 is 0. The summed E-state index contributed by atoms with van der Waals surface area (Å²) in [6, 6.07) is 25.0. The Bertz CT molecular complexity index is 910. The van der Waals surface area contributed by atoms with Crippen molar-refractivity contribution in [2.24, 2.45) is 0 Å². The van der Waals surface area contributed by atoms with Crippen LogP contribution in [0.2, 0.25) is 0 Å². The van der Waals surface area contributed by atoms with E-state index in [0.717, 1.165) is 22.1 Å². The highest BCUT2D eigenvalue weighted by Gasteiger charge is 2.36. The van der Waals surface area contributed by atoms with Gasteiger partial charge in [-0.05, 0) is 51.5 Å². The first kappa shape index (κ1) is 26.1. The monoisotopic (exact) mass is 468 g/mol. The molecule has 0 saturated carbocycles. The molecule has 0 amide bonds. The summed E-state index contributed by atoms with van der Waals surface area (Å²) in [4.78, 5) is 12.8. The number of carbonyl (C=O) groups is 1. The van der Waals surface area contributed by atoms with Gasteiger partial charge >= 0.3 is 0 Å². The van der Waals surface area contributed by atoms with Gasteiger partial charge in [-0.1, -0.05) is 43.3 Å². The summed E-state index contributed by atoms with van der Waals surface area (Å²) in [5.41, 5.74) is 0. The topological polar surface area (TPSA) is 67.8 Å². The molecular formula is C27H32O5S. The van der Waals surface area contributed by atoms with Crippen LogP contribution in [-0.4, -0.2) is 25.8 Å². The molecule has 0 aliphatic heterocycles. The van der Waals surface area contributed by atoms with Gasteiger partial charge in [0.1, 0.15) is 16.6 Å². The van der Waals surface area contributed by atoms with Crippen LogP contribution >= 0.6 is 0 Å². The Balaban J connectivity index is 0.000000696. The summed E-state index contributed by atoms with van der Waals surface area (Å²) in [6.45, 7) is 9.27. The Morgan fingerprint density at radius 3 is 1.45 bits per heavy atom. The molecule has 3 aromatic carbocycles. The predicted octanol–water partition coefficient (Wildman–Crippen LogP) is 5.12. The molecule has 0 fully saturated rings. The number of hydrogen-bond acceptors (Lipinski definition) is 5. The first-order valence-corrected chi connectivity index (χ1v) is 12.4. The van der Waals surface area contributed by atoms with Crippen molar-refractivity contribution >= 4 is 16.9 Å². The fourth-order valence-electron chi connectivity index (χ4n) is 3.01. The van der Waals surface area contributed by atoms with E-state index < -0.39 is 5.97 Å². The maximum atomic E-state index is 9.26. The quantitative estimate of drug-likeness (QED) is 0.386. The van der Waals surface area contributed by atoms with Crippen LogP contribution in [0.25, 0.3) is 0 Å². The van der Waals surface area contributed by atoms with Gasteiger partial charge in [-0.15, -0.1) is 0 Å². The van der Waals surface area contributed by atoms with Crippen LogP contribution < -0.4 is 19.3 Å². The Kier molecular flexibility index (Phi) is 11.2. The van der Waals surface area contributed by atoms with Gasteiger partial charge in [0.2, 0.25) is 4.90 Å². The van der Waals surface area contributed by atoms with E-state index in [1.807, 2.05) is 45.0 Å². The highest BCUT2D eigenvalue weighted by Crippen LogP contribution is 2.45. The molecule has 0 saturated heterocycles. The van der Waals surface area contributed by atoms with Crippen LogP contribution in [0.1, 0.15) is 34.1 Å². The summed E-state index contributed by atoms with van der Waals surface area (Å²) < 4.78 is 17.9. The lowest BCUT2D eigenvalue weighted by Gasteiger charge is -2.17. The second-order valence-electron chi connectivity index (χ2n) is 6.71. The normalized spacial score (nSPS) is 10.2. The maximum absolute atomic E-state index is 9.26. The second-order valence-corrected chi connectivity index (χ2v) is 8.67. The minimum atomic E-state index is -0.995. The number of hydrogen-bond donors (Lipinski definition) is 0. The van der Waals surface area contributed by atoms with Crippen LogP contribution in [-0.2, 0) is 15.7 Å². The van der Waals surface area contributed by atoms with E-state index in [1.165, 1.54) is 16.7 Å². The SMILES string of the molecule is CCC(=O)[O-].CCOc1cc(OCC)c([S+](c2ccccc2)c2ccccc2)c(OCC)c1. The lowest BCUT2D eigenvalue weighted by Crippen LogP contribution is -2.19. The predicted molar refractivity (Wildman–Crippen MR) is 130 cm³/mol. The smallest absolute Gasteiger partial charge is 0.250 e. The first-order chi connectivity index (χ1) is 16.0. The molecule has 0 unspecified atom stereocenters. The van der Waals surface area contributed by atoms with Gasteiger partial charge in [-0.2, -0.15) is 0 Å². The molecule has 0 aromatic heterocycles. The summed E-state index contributed by atoms with van der Waals surface area (Å²) in [6.07, 6.45) is 0.111. The zero-order valence-corrected chi connectivity index (χ0v) is 20.5. The van der Waals surface area contributed by atoms with Gasteiger partial charge < -0.3 is 24.1 Å². The van der Waals surface area contributed by atoms with Crippen molar-refractivity contribution in [3.8, 4) is 17.2 Å². The average molecular weight is 469 g/mol. The molecule has 5 nitrogen and oxygen atoms in total. The zero-order chi connectivity index (χ0) is 24.1. The van der Waals surface area contributed by atoms with E-state index in [-0.39, 0.29) is 17.3 Å². The first-order valence-electron chi connectivity index (χ1n) is 11.2. The number of carboxylic acid groups (broad SMARTS) is 1. The highest BCUT2D eigenvalue weighted by atomic mass is 32.2. The Hall–Kier alpha value is -3.12. The van der Waals surface area contributed by atoms with Gasteiger partial charge in [0.25, 0.3) is 0 Å². The highest BCUT2D eigenvalue weighted by molar-refractivity contribution is 7.97. The van der Waals surface area contributed by atoms with E-state index >= 15 is 0 Å². The van der Waals surface area contributed by atoms with Crippen molar-refractivity contribution in [2.75, 3.05) is 19.8 Å². The summed E-state index contributed by atoms with van der Waals surface area (Å²) in [5.74, 6) is 1.40. The molecule has 176 valence electrons. The molecule has 0 spiro atoms. The molecular weight excluding hydrogens is 436 g/mol. The number of ether oxygens (including phenoxy) is 3.